The van der Waals surface area contributed by atoms with Crippen molar-refractivity contribution in [2.45, 2.75) is 19.4 Å². The molecule has 0 radical (unpaired) electrons. The van der Waals surface area contributed by atoms with Gasteiger partial charge in [-0.2, -0.15) is 0 Å². The first-order chi connectivity index (χ1) is 6.53. The highest BCUT2D eigenvalue weighted by molar-refractivity contribution is 6.29. The van der Waals surface area contributed by atoms with E-state index >= 15 is 0 Å². The van der Waals surface area contributed by atoms with Crippen LogP contribution in [0.4, 0.5) is 5.82 Å². The Kier molecular flexibility index (Phi) is 3.66. The molecule has 0 saturated carbocycles. The lowest BCUT2D eigenvalue weighted by Crippen LogP contribution is -2.32. The quantitative estimate of drug-likeness (QED) is 0.834. The lowest BCUT2D eigenvalue weighted by Gasteiger charge is -2.23. The van der Waals surface area contributed by atoms with E-state index in [-0.39, 0.29) is 5.60 Å². The van der Waals surface area contributed by atoms with Gasteiger partial charge in [-0.15, -0.1) is 10.2 Å². The van der Waals surface area contributed by atoms with Gasteiger partial charge < -0.3 is 10.1 Å². The standard InChI is InChI=1S/C9H14ClN3O/c1-9(2,14-3)6-11-8-5-4-7(10)12-13-8/h4-5H,6H2,1-3H3,(H,11,13). The molecule has 0 unspecified atom stereocenters. The van der Waals surface area contributed by atoms with Gasteiger partial charge in [0.05, 0.1) is 5.60 Å². The zero-order chi connectivity index (χ0) is 10.6. The van der Waals surface area contributed by atoms with Crippen LogP contribution in [0, 0.1) is 0 Å². The van der Waals surface area contributed by atoms with Crippen molar-refractivity contribution in [1.82, 2.24) is 10.2 Å². The molecule has 1 aromatic heterocycles. The third-order valence-corrected chi connectivity index (χ3v) is 2.08. The van der Waals surface area contributed by atoms with Gasteiger partial charge in [0.1, 0.15) is 5.82 Å². The Bertz CT molecular complexity index is 287. The molecule has 4 nitrogen and oxygen atoms in total. The zero-order valence-electron chi connectivity index (χ0n) is 8.54. The highest BCUT2D eigenvalue weighted by atomic mass is 35.5. The van der Waals surface area contributed by atoms with E-state index in [9.17, 15) is 0 Å². The molecule has 0 bridgehead atoms. The summed E-state index contributed by atoms with van der Waals surface area (Å²) >= 11 is 5.60. The Morgan fingerprint density at radius 1 is 1.43 bits per heavy atom. The number of ether oxygens (including phenoxy) is 1. The van der Waals surface area contributed by atoms with Gasteiger partial charge in [0.2, 0.25) is 0 Å². The van der Waals surface area contributed by atoms with Crippen molar-refractivity contribution in [3.63, 3.8) is 0 Å². The highest BCUT2D eigenvalue weighted by Crippen LogP contribution is 2.10. The molecule has 0 fully saturated rings. The summed E-state index contributed by atoms with van der Waals surface area (Å²) in [5.41, 5.74) is -0.221. The molecule has 1 N–H and O–H groups in total. The lowest BCUT2D eigenvalue weighted by atomic mass is 10.1. The van der Waals surface area contributed by atoms with Crippen LogP contribution in [0.2, 0.25) is 5.15 Å². The molecule has 0 atom stereocenters. The summed E-state index contributed by atoms with van der Waals surface area (Å²) < 4.78 is 5.25. The summed E-state index contributed by atoms with van der Waals surface area (Å²) in [7, 11) is 1.68. The van der Waals surface area contributed by atoms with E-state index in [2.05, 4.69) is 15.5 Å². The molecule has 0 aromatic carbocycles. The molecule has 1 aromatic rings. The highest BCUT2D eigenvalue weighted by Gasteiger charge is 2.15. The Labute approximate surface area is 88.6 Å². The van der Waals surface area contributed by atoms with Crippen molar-refractivity contribution in [2.24, 2.45) is 0 Å². The van der Waals surface area contributed by atoms with Gasteiger partial charge in [0.15, 0.2) is 5.15 Å². The summed E-state index contributed by atoms with van der Waals surface area (Å²) in [5.74, 6) is 0.694. The number of rotatable bonds is 4. The van der Waals surface area contributed by atoms with Crippen molar-refractivity contribution in [3.05, 3.63) is 17.3 Å². The van der Waals surface area contributed by atoms with Gasteiger partial charge in [-0.05, 0) is 26.0 Å². The molecule has 1 heterocycles. The van der Waals surface area contributed by atoms with Gasteiger partial charge in [0.25, 0.3) is 0 Å². The number of anilines is 1. The number of hydrogen-bond donors (Lipinski definition) is 1. The van der Waals surface area contributed by atoms with Crippen LogP contribution in [0.15, 0.2) is 12.1 Å². The Morgan fingerprint density at radius 2 is 2.14 bits per heavy atom. The van der Waals surface area contributed by atoms with E-state index in [1.165, 1.54) is 0 Å². The normalized spacial score (nSPS) is 11.4. The molecule has 0 aliphatic heterocycles. The summed E-state index contributed by atoms with van der Waals surface area (Å²) in [6.07, 6.45) is 0. The number of nitrogens with one attached hydrogen (secondary N) is 1. The minimum atomic E-state index is -0.221. The number of nitrogens with zero attached hydrogens (tertiary/aromatic N) is 2. The summed E-state index contributed by atoms with van der Waals surface area (Å²) in [4.78, 5) is 0. The molecule has 0 aliphatic carbocycles. The summed E-state index contributed by atoms with van der Waals surface area (Å²) in [5, 5.41) is 11.1. The van der Waals surface area contributed by atoms with E-state index in [0.717, 1.165) is 0 Å². The smallest absolute Gasteiger partial charge is 0.151 e. The SMILES string of the molecule is COC(C)(C)CNc1ccc(Cl)nn1. The van der Waals surface area contributed by atoms with Crippen LogP contribution in [0.5, 0.6) is 0 Å². The molecule has 0 spiro atoms. The zero-order valence-corrected chi connectivity index (χ0v) is 9.30. The fourth-order valence-corrected chi connectivity index (χ4v) is 0.887. The van der Waals surface area contributed by atoms with Gasteiger partial charge in [-0.3, -0.25) is 0 Å². The van der Waals surface area contributed by atoms with Crippen LogP contribution in [0.1, 0.15) is 13.8 Å². The average Bonchev–Trinajstić information content (AvgIpc) is 2.17. The fourth-order valence-electron chi connectivity index (χ4n) is 0.786. The first-order valence-corrected chi connectivity index (χ1v) is 4.69. The van der Waals surface area contributed by atoms with Gasteiger partial charge in [-0.1, -0.05) is 11.6 Å². The first kappa shape index (κ1) is 11.2. The minimum absolute atomic E-state index is 0.221. The summed E-state index contributed by atoms with van der Waals surface area (Å²) in [6, 6.07) is 3.47. The van der Waals surface area contributed by atoms with Crippen LogP contribution in [-0.4, -0.2) is 29.5 Å². The maximum atomic E-state index is 5.60. The largest absolute Gasteiger partial charge is 0.377 e. The second-order valence-electron chi connectivity index (χ2n) is 3.56. The molecule has 78 valence electrons. The van der Waals surface area contributed by atoms with Gasteiger partial charge in [0, 0.05) is 13.7 Å². The Hall–Kier alpha value is -0.870. The van der Waals surface area contributed by atoms with Crippen molar-refractivity contribution in [2.75, 3.05) is 19.0 Å². The Balaban J connectivity index is 2.50. The maximum absolute atomic E-state index is 5.60. The fraction of sp³-hybridized carbons (Fsp3) is 0.556. The van der Waals surface area contributed by atoms with E-state index in [4.69, 9.17) is 16.3 Å². The topological polar surface area (TPSA) is 47.0 Å². The van der Waals surface area contributed by atoms with E-state index in [0.29, 0.717) is 17.5 Å². The van der Waals surface area contributed by atoms with Crippen LogP contribution in [0.3, 0.4) is 0 Å². The minimum Gasteiger partial charge on any atom is -0.377 e. The molecular weight excluding hydrogens is 202 g/mol. The van der Waals surface area contributed by atoms with Crippen LogP contribution in [-0.2, 0) is 4.74 Å². The number of methoxy groups -OCH3 is 1. The third-order valence-electron chi connectivity index (χ3n) is 1.88. The lowest BCUT2D eigenvalue weighted by molar-refractivity contribution is 0.0343. The van der Waals surface area contributed by atoms with Crippen molar-refractivity contribution < 1.29 is 4.74 Å². The van der Waals surface area contributed by atoms with Crippen molar-refractivity contribution in [3.8, 4) is 0 Å². The van der Waals surface area contributed by atoms with E-state index in [1.807, 2.05) is 13.8 Å². The Morgan fingerprint density at radius 3 is 2.64 bits per heavy atom. The van der Waals surface area contributed by atoms with Crippen LogP contribution < -0.4 is 5.32 Å². The number of aromatic nitrogens is 2. The number of halogens is 1. The molecular formula is C9H14ClN3O. The monoisotopic (exact) mass is 215 g/mol. The third kappa shape index (κ3) is 3.47. The van der Waals surface area contributed by atoms with Crippen LogP contribution in [0.25, 0.3) is 0 Å². The molecule has 0 saturated heterocycles. The van der Waals surface area contributed by atoms with Crippen LogP contribution >= 0.6 is 11.6 Å². The number of hydrogen-bond acceptors (Lipinski definition) is 4. The van der Waals surface area contributed by atoms with E-state index < -0.39 is 0 Å². The molecule has 0 amide bonds. The van der Waals surface area contributed by atoms with Gasteiger partial charge in [-0.25, -0.2) is 0 Å². The van der Waals surface area contributed by atoms with E-state index in [1.54, 1.807) is 19.2 Å². The van der Waals surface area contributed by atoms with Crippen molar-refractivity contribution in [1.29, 1.82) is 0 Å². The first-order valence-electron chi connectivity index (χ1n) is 4.32. The second kappa shape index (κ2) is 4.57. The van der Waals surface area contributed by atoms with Gasteiger partial charge >= 0.3 is 0 Å². The van der Waals surface area contributed by atoms with Crippen molar-refractivity contribution >= 4 is 17.4 Å². The molecule has 0 aliphatic rings. The predicted octanol–water partition coefficient (Wildman–Crippen LogP) is 1.97. The average molecular weight is 216 g/mol. The molecule has 5 heteroatoms. The maximum Gasteiger partial charge on any atom is 0.151 e. The second-order valence-corrected chi connectivity index (χ2v) is 3.95. The predicted molar refractivity (Wildman–Crippen MR) is 56.6 cm³/mol. The summed E-state index contributed by atoms with van der Waals surface area (Å²) in [6.45, 7) is 4.65. The molecule has 14 heavy (non-hydrogen) atoms. The molecule has 1 rings (SSSR count).